The molecule has 0 saturated heterocycles. The summed E-state index contributed by atoms with van der Waals surface area (Å²) in [5, 5.41) is 0. The molecular weight excluding hydrogens is 202 g/mol. The minimum absolute atomic E-state index is 0.0971. The van der Waals surface area contributed by atoms with Gasteiger partial charge in [-0.3, -0.25) is 0 Å². The van der Waals surface area contributed by atoms with Gasteiger partial charge in [0.2, 0.25) is 0 Å². The normalized spacial score (nSPS) is 34.6. The van der Waals surface area contributed by atoms with Gasteiger partial charge < -0.3 is 15.2 Å². The molecule has 2 N–H and O–H groups in total. The first kappa shape index (κ1) is 9.97. The van der Waals surface area contributed by atoms with E-state index in [0.29, 0.717) is 12.5 Å². The Morgan fingerprint density at radius 1 is 1.25 bits per heavy atom. The van der Waals surface area contributed by atoms with Crippen molar-refractivity contribution in [3.05, 3.63) is 24.3 Å². The van der Waals surface area contributed by atoms with E-state index in [0.717, 1.165) is 11.5 Å². The molecule has 0 bridgehead atoms. The number of para-hydroxylation sites is 2. The van der Waals surface area contributed by atoms with Gasteiger partial charge in [-0.25, -0.2) is 0 Å². The summed E-state index contributed by atoms with van der Waals surface area (Å²) >= 11 is 0. The van der Waals surface area contributed by atoms with Gasteiger partial charge in [0.15, 0.2) is 11.5 Å². The van der Waals surface area contributed by atoms with Crippen LogP contribution in [-0.4, -0.2) is 18.8 Å². The first-order valence-electron chi connectivity index (χ1n) is 5.75. The van der Waals surface area contributed by atoms with Crippen LogP contribution >= 0.6 is 0 Å². The smallest absolute Gasteiger partial charge is 0.161 e. The largest absolute Gasteiger partial charge is 0.486 e. The number of hydrogen-bond acceptors (Lipinski definition) is 3. The molecule has 16 heavy (non-hydrogen) atoms. The lowest BCUT2D eigenvalue weighted by Crippen LogP contribution is -2.33. The standard InChI is InChI=1S/C13H17NO2/c1-13(2)11(12(13)14)10-7-15-8-5-3-4-6-9(8)16-10/h3-6,10-12H,7,14H2,1-2H3/t10?,11-,12-/m1/s1. The van der Waals surface area contributed by atoms with Crippen molar-refractivity contribution >= 4 is 0 Å². The summed E-state index contributed by atoms with van der Waals surface area (Å²) in [6, 6.07) is 8.02. The molecule has 1 aliphatic heterocycles. The van der Waals surface area contributed by atoms with Crippen molar-refractivity contribution < 1.29 is 9.47 Å². The van der Waals surface area contributed by atoms with Gasteiger partial charge in [0.1, 0.15) is 12.7 Å². The van der Waals surface area contributed by atoms with Crippen molar-refractivity contribution in [3.63, 3.8) is 0 Å². The summed E-state index contributed by atoms with van der Waals surface area (Å²) in [6.45, 7) is 4.98. The van der Waals surface area contributed by atoms with E-state index in [1.807, 2.05) is 24.3 Å². The van der Waals surface area contributed by atoms with Crippen LogP contribution < -0.4 is 15.2 Å². The molecule has 3 atom stereocenters. The summed E-state index contributed by atoms with van der Waals surface area (Å²) in [6.07, 6.45) is 0.0971. The highest BCUT2D eigenvalue weighted by Crippen LogP contribution is 2.54. The molecule has 0 spiro atoms. The monoisotopic (exact) mass is 219 g/mol. The summed E-state index contributed by atoms with van der Waals surface area (Å²) < 4.78 is 11.7. The van der Waals surface area contributed by atoms with Crippen molar-refractivity contribution in [2.24, 2.45) is 17.1 Å². The lowest BCUT2D eigenvalue weighted by atomic mass is 10.1. The predicted molar refractivity (Wildman–Crippen MR) is 61.6 cm³/mol. The quantitative estimate of drug-likeness (QED) is 0.783. The minimum atomic E-state index is 0.0971. The molecule has 1 saturated carbocycles. The molecule has 1 aromatic carbocycles. The van der Waals surface area contributed by atoms with E-state index in [9.17, 15) is 0 Å². The third-order valence-corrected chi connectivity index (χ3v) is 3.93. The van der Waals surface area contributed by atoms with E-state index in [1.165, 1.54) is 0 Å². The van der Waals surface area contributed by atoms with E-state index >= 15 is 0 Å². The second-order valence-electron chi connectivity index (χ2n) is 5.29. The average molecular weight is 219 g/mol. The summed E-state index contributed by atoms with van der Waals surface area (Å²) in [5.74, 6) is 2.08. The zero-order valence-electron chi connectivity index (χ0n) is 9.64. The Morgan fingerprint density at radius 3 is 2.50 bits per heavy atom. The van der Waals surface area contributed by atoms with E-state index in [2.05, 4.69) is 13.8 Å². The second-order valence-corrected chi connectivity index (χ2v) is 5.29. The van der Waals surface area contributed by atoms with E-state index in [4.69, 9.17) is 15.2 Å². The molecule has 1 aromatic rings. The van der Waals surface area contributed by atoms with Gasteiger partial charge in [0, 0.05) is 12.0 Å². The molecule has 1 heterocycles. The molecule has 2 aliphatic rings. The Kier molecular flexibility index (Phi) is 1.96. The van der Waals surface area contributed by atoms with E-state index in [1.54, 1.807) is 0 Å². The molecule has 3 rings (SSSR count). The summed E-state index contributed by atoms with van der Waals surface area (Å²) in [5.41, 5.74) is 6.24. The van der Waals surface area contributed by atoms with Gasteiger partial charge in [0.25, 0.3) is 0 Å². The van der Waals surface area contributed by atoms with Gasteiger partial charge in [-0.1, -0.05) is 26.0 Å². The van der Waals surface area contributed by atoms with E-state index < -0.39 is 0 Å². The third kappa shape index (κ3) is 1.31. The Balaban J connectivity index is 1.79. The molecule has 86 valence electrons. The molecule has 3 nitrogen and oxygen atoms in total. The van der Waals surface area contributed by atoms with Gasteiger partial charge in [-0.15, -0.1) is 0 Å². The van der Waals surface area contributed by atoms with Crippen LogP contribution in [0.1, 0.15) is 13.8 Å². The van der Waals surface area contributed by atoms with Crippen LogP contribution in [0.4, 0.5) is 0 Å². The third-order valence-electron chi connectivity index (χ3n) is 3.93. The number of benzene rings is 1. The van der Waals surface area contributed by atoms with Crippen LogP contribution in [0.3, 0.4) is 0 Å². The summed E-state index contributed by atoms with van der Waals surface area (Å²) in [7, 11) is 0. The summed E-state index contributed by atoms with van der Waals surface area (Å²) in [4.78, 5) is 0. The minimum Gasteiger partial charge on any atom is -0.486 e. The van der Waals surface area contributed by atoms with E-state index in [-0.39, 0.29) is 17.6 Å². The average Bonchev–Trinajstić information content (AvgIpc) is 2.78. The lowest BCUT2D eigenvalue weighted by molar-refractivity contribution is 0.0662. The van der Waals surface area contributed by atoms with Crippen LogP contribution in [0.25, 0.3) is 0 Å². The fourth-order valence-electron chi connectivity index (χ4n) is 2.64. The molecule has 0 aromatic heterocycles. The Labute approximate surface area is 95.5 Å². The van der Waals surface area contributed by atoms with Crippen molar-refractivity contribution in [2.45, 2.75) is 26.0 Å². The zero-order valence-corrected chi connectivity index (χ0v) is 9.64. The maximum Gasteiger partial charge on any atom is 0.161 e. The highest BCUT2D eigenvalue weighted by Gasteiger charge is 2.60. The van der Waals surface area contributed by atoms with Crippen molar-refractivity contribution in [3.8, 4) is 11.5 Å². The van der Waals surface area contributed by atoms with Gasteiger partial charge in [0.05, 0.1) is 0 Å². The molecule has 0 radical (unpaired) electrons. The molecule has 3 heteroatoms. The Hall–Kier alpha value is -1.22. The fraction of sp³-hybridized carbons (Fsp3) is 0.538. The number of rotatable bonds is 1. The van der Waals surface area contributed by atoms with Crippen molar-refractivity contribution in [2.75, 3.05) is 6.61 Å². The molecular formula is C13H17NO2. The highest BCUT2D eigenvalue weighted by molar-refractivity contribution is 5.41. The maximum absolute atomic E-state index is 6.06. The number of hydrogen-bond donors (Lipinski definition) is 1. The number of fused-ring (bicyclic) bond motifs is 1. The zero-order chi connectivity index (χ0) is 11.3. The molecule has 0 amide bonds. The first-order valence-corrected chi connectivity index (χ1v) is 5.75. The molecule has 1 unspecified atom stereocenters. The SMILES string of the molecule is CC1(C)[C@H](N)[C@H]1C1COc2ccccc2O1. The predicted octanol–water partition coefficient (Wildman–Crippen LogP) is 1.81. The Bertz CT molecular complexity index is 416. The fourth-order valence-corrected chi connectivity index (χ4v) is 2.64. The van der Waals surface area contributed by atoms with Crippen LogP contribution in [0.15, 0.2) is 24.3 Å². The van der Waals surface area contributed by atoms with Crippen LogP contribution in [0, 0.1) is 11.3 Å². The van der Waals surface area contributed by atoms with Gasteiger partial charge in [-0.2, -0.15) is 0 Å². The van der Waals surface area contributed by atoms with Gasteiger partial charge in [-0.05, 0) is 17.5 Å². The maximum atomic E-state index is 6.06. The Morgan fingerprint density at radius 2 is 1.88 bits per heavy atom. The highest BCUT2D eigenvalue weighted by atomic mass is 16.6. The lowest BCUT2D eigenvalue weighted by Gasteiger charge is -2.27. The first-order chi connectivity index (χ1) is 7.60. The van der Waals surface area contributed by atoms with Crippen LogP contribution in [0.5, 0.6) is 11.5 Å². The number of nitrogens with two attached hydrogens (primary N) is 1. The second kappa shape index (κ2) is 3.14. The van der Waals surface area contributed by atoms with Crippen LogP contribution in [0.2, 0.25) is 0 Å². The molecule has 1 fully saturated rings. The van der Waals surface area contributed by atoms with Gasteiger partial charge >= 0.3 is 0 Å². The van der Waals surface area contributed by atoms with Crippen molar-refractivity contribution in [1.82, 2.24) is 0 Å². The van der Waals surface area contributed by atoms with Crippen molar-refractivity contribution in [1.29, 1.82) is 0 Å². The van der Waals surface area contributed by atoms with Crippen LogP contribution in [-0.2, 0) is 0 Å². The molecule has 1 aliphatic carbocycles. The topological polar surface area (TPSA) is 44.5 Å². The number of ether oxygens (including phenoxy) is 2.